The smallest absolute Gasteiger partial charge is 0.254 e. The van der Waals surface area contributed by atoms with Gasteiger partial charge in [-0.15, -0.1) is 0 Å². The van der Waals surface area contributed by atoms with Crippen molar-refractivity contribution in [3.8, 4) is 0 Å². The van der Waals surface area contributed by atoms with Crippen molar-refractivity contribution < 1.29 is 14.1 Å². The molecule has 3 rings (SSSR count). The van der Waals surface area contributed by atoms with Crippen LogP contribution in [0.2, 0.25) is 0 Å². The summed E-state index contributed by atoms with van der Waals surface area (Å²) in [6.45, 7) is 6.92. The highest BCUT2D eigenvalue weighted by atomic mass is 32.2. The Morgan fingerprint density at radius 1 is 1.21 bits per heavy atom. The molecule has 0 unspecified atom stereocenters. The molecule has 1 N–H and O–H groups in total. The first-order valence-electron chi connectivity index (χ1n) is 9.49. The van der Waals surface area contributed by atoms with Crippen LogP contribution >= 0.6 is 11.8 Å². The van der Waals surface area contributed by atoms with E-state index in [0.29, 0.717) is 29.5 Å². The fourth-order valence-corrected chi connectivity index (χ4v) is 3.47. The Balaban J connectivity index is 1.56. The van der Waals surface area contributed by atoms with Gasteiger partial charge >= 0.3 is 0 Å². The standard InChI is InChI=1S/C22H25N3O3S/c1-15(2)27-13-18-8-6-17(7-9-18)12-24-21(26)20-5-4-10-23-22(20)29-14-19-11-16(3)28-25-19/h4-11,15H,12-14H2,1-3H3,(H,24,26). The van der Waals surface area contributed by atoms with Gasteiger partial charge in [-0.2, -0.15) is 0 Å². The van der Waals surface area contributed by atoms with E-state index in [0.717, 1.165) is 22.6 Å². The fourth-order valence-electron chi connectivity index (χ4n) is 2.60. The molecule has 2 heterocycles. The number of hydrogen-bond acceptors (Lipinski definition) is 6. The summed E-state index contributed by atoms with van der Waals surface area (Å²) in [4.78, 5) is 17.0. The molecule has 0 aliphatic rings. The summed E-state index contributed by atoms with van der Waals surface area (Å²) in [5.74, 6) is 1.21. The number of carbonyl (C=O) groups is 1. The van der Waals surface area contributed by atoms with Crippen LogP contribution in [0.25, 0.3) is 0 Å². The Morgan fingerprint density at radius 2 is 1.97 bits per heavy atom. The lowest BCUT2D eigenvalue weighted by Gasteiger charge is -2.10. The van der Waals surface area contributed by atoms with Crippen molar-refractivity contribution >= 4 is 17.7 Å². The van der Waals surface area contributed by atoms with E-state index in [1.165, 1.54) is 11.8 Å². The van der Waals surface area contributed by atoms with Crippen molar-refractivity contribution in [1.29, 1.82) is 0 Å². The van der Waals surface area contributed by atoms with Crippen LogP contribution < -0.4 is 5.32 Å². The largest absolute Gasteiger partial charge is 0.374 e. The minimum Gasteiger partial charge on any atom is -0.374 e. The second-order valence-electron chi connectivity index (χ2n) is 6.93. The molecule has 2 aromatic heterocycles. The van der Waals surface area contributed by atoms with Crippen LogP contribution in [-0.2, 0) is 23.6 Å². The maximum atomic E-state index is 12.7. The molecule has 3 aromatic rings. The van der Waals surface area contributed by atoms with Crippen LogP contribution in [0.3, 0.4) is 0 Å². The molecular weight excluding hydrogens is 386 g/mol. The average Bonchev–Trinajstić information content (AvgIpc) is 3.15. The second kappa shape index (κ2) is 10.2. The molecule has 0 aliphatic heterocycles. The highest BCUT2D eigenvalue weighted by Crippen LogP contribution is 2.24. The number of nitrogens with zero attached hydrogens (tertiary/aromatic N) is 2. The summed E-state index contributed by atoms with van der Waals surface area (Å²) in [6.07, 6.45) is 1.89. The number of ether oxygens (including phenoxy) is 1. The number of aryl methyl sites for hydroxylation is 1. The Bertz CT molecular complexity index is 938. The van der Waals surface area contributed by atoms with Gasteiger partial charge in [0.25, 0.3) is 5.91 Å². The third kappa shape index (κ3) is 6.44. The first kappa shape index (κ1) is 21.1. The van der Waals surface area contributed by atoms with E-state index in [-0.39, 0.29) is 12.0 Å². The fraction of sp³-hybridized carbons (Fsp3) is 0.318. The van der Waals surface area contributed by atoms with Gasteiger partial charge in [0, 0.05) is 24.6 Å². The molecule has 0 aliphatic carbocycles. The molecule has 0 atom stereocenters. The van der Waals surface area contributed by atoms with Crippen molar-refractivity contribution in [2.75, 3.05) is 0 Å². The molecule has 7 heteroatoms. The first-order valence-corrected chi connectivity index (χ1v) is 10.5. The van der Waals surface area contributed by atoms with Gasteiger partial charge in [0.05, 0.1) is 24.0 Å². The summed E-state index contributed by atoms with van der Waals surface area (Å²) < 4.78 is 10.7. The number of benzene rings is 1. The van der Waals surface area contributed by atoms with Gasteiger partial charge in [0.2, 0.25) is 0 Å². The number of nitrogens with one attached hydrogen (secondary N) is 1. The zero-order chi connectivity index (χ0) is 20.6. The first-order chi connectivity index (χ1) is 14.0. The molecule has 0 saturated carbocycles. The second-order valence-corrected chi connectivity index (χ2v) is 7.90. The van der Waals surface area contributed by atoms with Gasteiger partial charge in [-0.1, -0.05) is 41.2 Å². The summed E-state index contributed by atoms with van der Waals surface area (Å²) in [6, 6.07) is 13.5. The summed E-state index contributed by atoms with van der Waals surface area (Å²) in [5.41, 5.74) is 3.52. The Kier molecular flexibility index (Phi) is 7.43. The molecule has 0 radical (unpaired) electrons. The number of amides is 1. The Morgan fingerprint density at radius 3 is 2.66 bits per heavy atom. The topological polar surface area (TPSA) is 77.2 Å². The van der Waals surface area contributed by atoms with Gasteiger partial charge in [-0.3, -0.25) is 4.79 Å². The van der Waals surface area contributed by atoms with Crippen LogP contribution in [0.4, 0.5) is 0 Å². The van der Waals surface area contributed by atoms with E-state index in [4.69, 9.17) is 9.26 Å². The van der Waals surface area contributed by atoms with Gasteiger partial charge in [-0.05, 0) is 44.0 Å². The summed E-state index contributed by atoms with van der Waals surface area (Å²) >= 11 is 1.46. The summed E-state index contributed by atoms with van der Waals surface area (Å²) in [5, 5.41) is 7.62. The predicted octanol–water partition coefficient (Wildman–Crippen LogP) is 4.53. The zero-order valence-corrected chi connectivity index (χ0v) is 17.7. The SMILES string of the molecule is Cc1cc(CSc2ncccc2C(=O)NCc2ccc(COC(C)C)cc2)no1. The predicted molar refractivity (Wildman–Crippen MR) is 113 cm³/mol. The van der Waals surface area contributed by atoms with Crippen LogP contribution in [0.1, 0.15) is 46.8 Å². The molecule has 6 nitrogen and oxygen atoms in total. The lowest BCUT2D eigenvalue weighted by Crippen LogP contribution is -2.23. The minimum atomic E-state index is -0.149. The zero-order valence-electron chi connectivity index (χ0n) is 16.8. The lowest BCUT2D eigenvalue weighted by molar-refractivity contribution is 0.0657. The Hall–Kier alpha value is -2.64. The molecule has 0 saturated heterocycles. The van der Waals surface area contributed by atoms with E-state index in [1.54, 1.807) is 18.3 Å². The van der Waals surface area contributed by atoms with E-state index in [1.807, 2.05) is 51.1 Å². The molecule has 0 fully saturated rings. The van der Waals surface area contributed by atoms with Gasteiger partial charge in [0.1, 0.15) is 10.8 Å². The quantitative estimate of drug-likeness (QED) is 0.522. The number of pyridine rings is 1. The van der Waals surface area contributed by atoms with Crippen LogP contribution in [0.15, 0.2) is 58.2 Å². The molecule has 0 spiro atoms. The third-order valence-electron chi connectivity index (χ3n) is 4.11. The van der Waals surface area contributed by atoms with Crippen molar-refractivity contribution in [3.05, 3.63) is 76.8 Å². The molecular formula is C22H25N3O3S. The lowest BCUT2D eigenvalue weighted by atomic mass is 10.1. The third-order valence-corrected chi connectivity index (χ3v) is 5.15. The number of thioether (sulfide) groups is 1. The van der Waals surface area contributed by atoms with Crippen LogP contribution in [0.5, 0.6) is 0 Å². The highest BCUT2D eigenvalue weighted by Gasteiger charge is 2.13. The number of aromatic nitrogens is 2. The number of hydrogen-bond donors (Lipinski definition) is 1. The summed E-state index contributed by atoms with van der Waals surface area (Å²) in [7, 11) is 0. The van der Waals surface area contributed by atoms with E-state index in [2.05, 4.69) is 15.5 Å². The molecule has 152 valence electrons. The maximum absolute atomic E-state index is 12.7. The van der Waals surface area contributed by atoms with Crippen molar-refractivity contribution in [1.82, 2.24) is 15.5 Å². The van der Waals surface area contributed by atoms with Crippen molar-refractivity contribution in [2.24, 2.45) is 0 Å². The molecule has 29 heavy (non-hydrogen) atoms. The van der Waals surface area contributed by atoms with E-state index < -0.39 is 0 Å². The minimum absolute atomic E-state index is 0.149. The monoisotopic (exact) mass is 411 g/mol. The maximum Gasteiger partial charge on any atom is 0.254 e. The van der Waals surface area contributed by atoms with E-state index in [9.17, 15) is 4.79 Å². The van der Waals surface area contributed by atoms with Crippen molar-refractivity contribution in [3.63, 3.8) is 0 Å². The highest BCUT2D eigenvalue weighted by molar-refractivity contribution is 7.98. The average molecular weight is 412 g/mol. The number of rotatable bonds is 9. The van der Waals surface area contributed by atoms with E-state index >= 15 is 0 Å². The molecule has 0 bridgehead atoms. The molecule has 1 amide bonds. The van der Waals surface area contributed by atoms with Crippen LogP contribution in [0, 0.1) is 6.92 Å². The molecule has 1 aromatic carbocycles. The number of carbonyl (C=O) groups excluding carboxylic acids is 1. The van der Waals surface area contributed by atoms with Gasteiger partial charge < -0.3 is 14.6 Å². The normalized spacial score (nSPS) is 11.0. The van der Waals surface area contributed by atoms with Crippen LogP contribution in [-0.4, -0.2) is 22.2 Å². The van der Waals surface area contributed by atoms with Crippen molar-refractivity contribution in [2.45, 2.75) is 50.8 Å². The van der Waals surface area contributed by atoms with Gasteiger partial charge in [0.15, 0.2) is 0 Å². The van der Waals surface area contributed by atoms with Gasteiger partial charge in [-0.25, -0.2) is 4.98 Å². The Labute approximate surface area is 175 Å².